The average molecular weight is 582 g/mol. The summed E-state index contributed by atoms with van der Waals surface area (Å²) in [6.07, 6.45) is 6.86. The van der Waals surface area contributed by atoms with E-state index in [0.29, 0.717) is 17.0 Å². The van der Waals surface area contributed by atoms with Crippen LogP contribution in [0.1, 0.15) is 17.3 Å². The van der Waals surface area contributed by atoms with Gasteiger partial charge in [-0.05, 0) is 43.3 Å². The second-order valence-corrected chi connectivity index (χ2v) is 10.2. The molecular formula is C31H24FN5O4S. The lowest BCUT2D eigenvalue weighted by Gasteiger charge is -2.13. The standard InChI is InChI=1S/C31H24FN5O4S/c1-3-36-17-23(34-18-36)27-16-22-29(42-27)26(11-13-33-22)41-24-10-9-19(15-21(24)32)35-30(38)28-25(40-2)12-14-37(31(28)39)20-7-5-4-6-8-20/h4-18H,3H2,1-2H3,(H,35,38). The van der Waals surface area contributed by atoms with Crippen molar-refractivity contribution in [1.29, 1.82) is 0 Å². The fourth-order valence-electron chi connectivity index (χ4n) is 4.45. The second-order valence-electron chi connectivity index (χ2n) is 9.19. The number of fused-ring (bicyclic) bond motifs is 1. The molecule has 0 bridgehead atoms. The fourth-order valence-corrected chi connectivity index (χ4v) is 5.47. The van der Waals surface area contributed by atoms with Gasteiger partial charge in [-0.1, -0.05) is 18.2 Å². The number of amides is 1. The molecule has 0 aliphatic rings. The predicted octanol–water partition coefficient (Wildman–Crippen LogP) is 6.52. The van der Waals surface area contributed by atoms with Crippen molar-refractivity contribution < 1.29 is 18.7 Å². The van der Waals surface area contributed by atoms with Gasteiger partial charge in [0.15, 0.2) is 11.6 Å². The van der Waals surface area contributed by atoms with Crippen LogP contribution in [-0.2, 0) is 6.54 Å². The lowest BCUT2D eigenvalue weighted by atomic mass is 10.2. The van der Waals surface area contributed by atoms with Gasteiger partial charge >= 0.3 is 0 Å². The fraction of sp³-hybridized carbons (Fsp3) is 0.0968. The SMILES string of the molecule is CCn1cnc(-c2cc3nccc(Oc4ccc(NC(=O)c5c(OC)ccn(-c6ccccc6)c5=O)cc4F)c3s2)c1. The van der Waals surface area contributed by atoms with Crippen LogP contribution in [0, 0.1) is 5.82 Å². The van der Waals surface area contributed by atoms with E-state index in [0.717, 1.165) is 27.9 Å². The molecule has 0 aliphatic carbocycles. The molecule has 2 aromatic carbocycles. The highest BCUT2D eigenvalue weighted by molar-refractivity contribution is 7.22. The van der Waals surface area contributed by atoms with Gasteiger partial charge in [0, 0.05) is 48.6 Å². The second kappa shape index (κ2) is 11.3. The Labute approximate surface area is 243 Å². The van der Waals surface area contributed by atoms with E-state index in [1.54, 1.807) is 42.9 Å². The number of nitrogens with zero attached hydrogens (tertiary/aromatic N) is 4. The maximum atomic E-state index is 15.2. The third-order valence-corrected chi connectivity index (χ3v) is 7.73. The number of benzene rings is 2. The summed E-state index contributed by atoms with van der Waals surface area (Å²) in [5.74, 6) is -0.920. The summed E-state index contributed by atoms with van der Waals surface area (Å²) in [5, 5.41) is 2.60. The maximum absolute atomic E-state index is 15.2. The molecule has 4 aromatic heterocycles. The number of carbonyl (C=O) groups is 1. The molecule has 9 nitrogen and oxygen atoms in total. The molecule has 210 valence electrons. The number of pyridine rings is 2. The number of hydrogen-bond acceptors (Lipinski definition) is 7. The largest absolute Gasteiger partial charge is 0.496 e. The molecule has 6 rings (SSSR count). The van der Waals surface area contributed by atoms with Gasteiger partial charge in [0.05, 0.1) is 34.2 Å². The van der Waals surface area contributed by atoms with Crippen LogP contribution in [0.15, 0.2) is 96.4 Å². The summed E-state index contributed by atoms with van der Waals surface area (Å²) in [5.41, 5.74) is 1.48. The van der Waals surface area contributed by atoms with Crippen molar-refractivity contribution in [3.8, 4) is 33.5 Å². The average Bonchev–Trinajstić information content (AvgIpc) is 3.66. The van der Waals surface area contributed by atoms with E-state index in [9.17, 15) is 9.59 Å². The number of anilines is 1. The van der Waals surface area contributed by atoms with Crippen molar-refractivity contribution in [2.24, 2.45) is 0 Å². The number of ether oxygens (including phenoxy) is 2. The number of rotatable bonds is 8. The molecule has 0 unspecified atom stereocenters. The number of nitrogens with one attached hydrogen (secondary N) is 1. The molecule has 0 spiro atoms. The van der Waals surface area contributed by atoms with Gasteiger partial charge < -0.3 is 19.4 Å². The van der Waals surface area contributed by atoms with Gasteiger partial charge in [-0.15, -0.1) is 11.3 Å². The van der Waals surface area contributed by atoms with Crippen molar-refractivity contribution in [2.75, 3.05) is 12.4 Å². The summed E-state index contributed by atoms with van der Waals surface area (Å²) in [7, 11) is 1.37. The van der Waals surface area contributed by atoms with E-state index in [1.165, 1.54) is 47.4 Å². The van der Waals surface area contributed by atoms with Crippen molar-refractivity contribution >= 4 is 33.1 Å². The van der Waals surface area contributed by atoms with Gasteiger partial charge in [0.25, 0.3) is 11.5 Å². The zero-order valence-electron chi connectivity index (χ0n) is 22.6. The highest BCUT2D eigenvalue weighted by Gasteiger charge is 2.21. The first-order valence-electron chi connectivity index (χ1n) is 13.0. The zero-order chi connectivity index (χ0) is 29.2. The Balaban J connectivity index is 1.25. The van der Waals surface area contributed by atoms with E-state index in [2.05, 4.69) is 15.3 Å². The van der Waals surface area contributed by atoms with Crippen molar-refractivity contribution in [2.45, 2.75) is 13.5 Å². The number of imidazole rings is 1. The van der Waals surface area contributed by atoms with E-state index in [4.69, 9.17) is 9.47 Å². The maximum Gasteiger partial charge on any atom is 0.271 e. The van der Waals surface area contributed by atoms with Crippen LogP contribution in [0.5, 0.6) is 17.2 Å². The van der Waals surface area contributed by atoms with Crippen molar-refractivity contribution in [3.05, 3.63) is 113 Å². The minimum atomic E-state index is -0.734. The Hall–Kier alpha value is -5.29. The summed E-state index contributed by atoms with van der Waals surface area (Å²) >= 11 is 1.45. The molecule has 6 aromatic rings. The molecule has 4 heterocycles. The van der Waals surface area contributed by atoms with E-state index in [-0.39, 0.29) is 22.7 Å². The lowest BCUT2D eigenvalue weighted by Crippen LogP contribution is -2.28. The Bertz CT molecular complexity index is 1980. The first-order chi connectivity index (χ1) is 20.4. The molecule has 0 aliphatic heterocycles. The first-order valence-corrected chi connectivity index (χ1v) is 13.8. The minimum absolute atomic E-state index is 0.0329. The third-order valence-electron chi connectivity index (χ3n) is 6.57. The summed E-state index contributed by atoms with van der Waals surface area (Å²) in [4.78, 5) is 36.2. The van der Waals surface area contributed by atoms with Gasteiger partial charge in [0.2, 0.25) is 0 Å². The van der Waals surface area contributed by atoms with Gasteiger partial charge in [0.1, 0.15) is 17.1 Å². The van der Waals surface area contributed by atoms with Crippen LogP contribution in [0.2, 0.25) is 0 Å². The third kappa shape index (κ3) is 5.13. The smallest absolute Gasteiger partial charge is 0.271 e. The van der Waals surface area contributed by atoms with Crippen LogP contribution in [-0.4, -0.2) is 32.1 Å². The van der Waals surface area contributed by atoms with Gasteiger partial charge in [-0.2, -0.15) is 0 Å². The summed E-state index contributed by atoms with van der Waals surface area (Å²) in [6, 6.07) is 18.1. The van der Waals surface area contributed by atoms with Gasteiger partial charge in [-0.3, -0.25) is 19.1 Å². The van der Waals surface area contributed by atoms with E-state index < -0.39 is 17.3 Å². The molecule has 11 heteroatoms. The van der Waals surface area contributed by atoms with Crippen LogP contribution >= 0.6 is 11.3 Å². The Morgan fingerprint density at radius 3 is 2.60 bits per heavy atom. The van der Waals surface area contributed by atoms with E-state index >= 15 is 4.39 Å². The Morgan fingerprint density at radius 1 is 1.02 bits per heavy atom. The van der Waals surface area contributed by atoms with Crippen LogP contribution < -0.4 is 20.3 Å². The predicted molar refractivity (Wildman–Crippen MR) is 160 cm³/mol. The minimum Gasteiger partial charge on any atom is -0.496 e. The zero-order valence-corrected chi connectivity index (χ0v) is 23.4. The summed E-state index contributed by atoms with van der Waals surface area (Å²) < 4.78 is 30.5. The van der Waals surface area contributed by atoms with Crippen molar-refractivity contribution in [3.63, 3.8) is 0 Å². The topological polar surface area (TPSA) is 100 Å². The lowest BCUT2D eigenvalue weighted by molar-refractivity contribution is 0.102. The number of methoxy groups -OCH3 is 1. The molecule has 42 heavy (non-hydrogen) atoms. The van der Waals surface area contributed by atoms with Crippen LogP contribution in [0.4, 0.5) is 10.1 Å². The number of thiophene rings is 1. The molecule has 0 radical (unpaired) electrons. The monoisotopic (exact) mass is 581 g/mol. The number of para-hydroxylation sites is 1. The molecule has 1 N–H and O–H groups in total. The van der Waals surface area contributed by atoms with E-state index in [1.807, 2.05) is 29.8 Å². The number of hydrogen-bond donors (Lipinski definition) is 1. The molecule has 0 saturated heterocycles. The molecule has 0 atom stereocenters. The molecule has 0 saturated carbocycles. The molecule has 1 amide bonds. The molecular weight excluding hydrogens is 557 g/mol. The number of aryl methyl sites for hydroxylation is 1. The highest BCUT2D eigenvalue weighted by atomic mass is 32.1. The number of aromatic nitrogens is 4. The Kier molecular flexibility index (Phi) is 7.24. The first kappa shape index (κ1) is 26.9. The number of halogens is 1. The van der Waals surface area contributed by atoms with Crippen LogP contribution in [0.25, 0.3) is 26.5 Å². The van der Waals surface area contributed by atoms with Crippen LogP contribution in [0.3, 0.4) is 0 Å². The normalized spacial score (nSPS) is 11.0. The Morgan fingerprint density at radius 2 is 1.86 bits per heavy atom. The highest BCUT2D eigenvalue weighted by Crippen LogP contribution is 2.39. The summed E-state index contributed by atoms with van der Waals surface area (Å²) in [6.45, 7) is 2.85. The van der Waals surface area contributed by atoms with Crippen molar-refractivity contribution in [1.82, 2.24) is 19.1 Å². The molecule has 0 fully saturated rings. The van der Waals surface area contributed by atoms with Gasteiger partial charge in [-0.25, -0.2) is 9.37 Å². The number of carbonyl (C=O) groups excluding carboxylic acids is 1. The quantitative estimate of drug-likeness (QED) is 0.220.